The molecule has 0 saturated heterocycles. The maximum absolute atomic E-state index is 13.5. The van der Waals surface area contributed by atoms with Crippen LogP contribution in [0.4, 0.5) is 4.39 Å². The van der Waals surface area contributed by atoms with Crippen LogP contribution in [-0.2, 0) is 18.0 Å². The van der Waals surface area contributed by atoms with E-state index in [-0.39, 0.29) is 11.5 Å². The van der Waals surface area contributed by atoms with Gasteiger partial charge in [-0.15, -0.1) is 0 Å². The van der Waals surface area contributed by atoms with Crippen LogP contribution in [0.3, 0.4) is 0 Å². The van der Waals surface area contributed by atoms with Gasteiger partial charge in [-0.25, -0.2) is 4.39 Å². The van der Waals surface area contributed by atoms with Gasteiger partial charge < -0.3 is 15.4 Å². The topological polar surface area (TPSA) is 67.4 Å². The summed E-state index contributed by atoms with van der Waals surface area (Å²) in [5.41, 5.74) is 2.78. The number of rotatable bonds is 6. The lowest BCUT2D eigenvalue weighted by Crippen LogP contribution is -2.30. The summed E-state index contributed by atoms with van der Waals surface area (Å²) in [5, 5.41) is 5.45. The second-order valence-corrected chi connectivity index (χ2v) is 5.82. The summed E-state index contributed by atoms with van der Waals surface area (Å²) in [6.45, 7) is 1.91. The molecule has 0 saturated carbocycles. The van der Waals surface area contributed by atoms with Gasteiger partial charge in [-0.3, -0.25) is 9.59 Å². The zero-order valence-electron chi connectivity index (χ0n) is 13.7. The number of amides is 2. The summed E-state index contributed by atoms with van der Waals surface area (Å²) in [5.74, 6) is -1.16. The SMILES string of the molecule is O=C(NCCCNC(=O)c1ccccc1F)c1ccc2c(c1)COC2. The third kappa shape index (κ3) is 4.22. The van der Waals surface area contributed by atoms with Crippen molar-refractivity contribution >= 4 is 11.8 Å². The Labute approximate surface area is 145 Å². The molecule has 2 amide bonds. The van der Waals surface area contributed by atoms with Gasteiger partial charge in [0.25, 0.3) is 11.8 Å². The van der Waals surface area contributed by atoms with Gasteiger partial charge in [0.2, 0.25) is 0 Å². The number of hydrogen-bond acceptors (Lipinski definition) is 3. The lowest BCUT2D eigenvalue weighted by atomic mass is 10.1. The molecule has 0 spiro atoms. The van der Waals surface area contributed by atoms with Crippen molar-refractivity contribution in [3.8, 4) is 0 Å². The van der Waals surface area contributed by atoms with Gasteiger partial charge in [-0.2, -0.15) is 0 Å². The van der Waals surface area contributed by atoms with Crippen LogP contribution < -0.4 is 10.6 Å². The van der Waals surface area contributed by atoms with E-state index >= 15 is 0 Å². The van der Waals surface area contributed by atoms with E-state index in [1.165, 1.54) is 18.2 Å². The molecular weight excluding hydrogens is 323 g/mol. The summed E-state index contributed by atoms with van der Waals surface area (Å²) in [7, 11) is 0. The second kappa shape index (κ2) is 7.90. The summed E-state index contributed by atoms with van der Waals surface area (Å²) in [6.07, 6.45) is 0.556. The molecule has 2 aromatic rings. The highest BCUT2D eigenvalue weighted by Crippen LogP contribution is 2.20. The molecule has 5 nitrogen and oxygen atoms in total. The molecule has 2 N–H and O–H groups in total. The standard InChI is InChI=1S/C19H19FN2O3/c20-17-5-2-1-4-16(17)19(24)22-9-3-8-21-18(23)13-6-7-14-11-25-12-15(14)10-13/h1-2,4-7,10H,3,8-9,11-12H2,(H,21,23)(H,22,24). The van der Waals surface area contributed by atoms with Crippen molar-refractivity contribution in [3.05, 3.63) is 70.5 Å². The van der Waals surface area contributed by atoms with Crippen molar-refractivity contribution in [2.24, 2.45) is 0 Å². The first-order chi connectivity index (χ1) is 12.1. The van der Waals surface area contributed by atoms with Crippen LogP contribution in [0.5, 0.6) is 0 Å². The number of halogens is 1. The van der Waals surface area contributed by atoms with Crippen molar-refractivity contribution in [2.75, 3.05) is 13.1 Å². The van der Waals surface area contributed by atoms with Gasteiger partial charge in [-0.1, -0.05) is 18.2 Å². The number of fused-ring (bicyclic) bond motifs is 1. The lowest BCUT2D eigenvalue weighted by molar-refractivity contribution is 0.0949. The molecule has 0 aromatic heterocycles. The zero-order chi connectivity index (χ0) is 17.6. The summed E-state index contributed by atoms with van der Waals surface area (Å²) in [4.78, 5) is 24.0. The van der Waals surface area contributed by atoms with Gasteiger partial charge >= 0.3 is 0 Å². The first-order valence-corrected chi connectivity index (χ1v) is 8.15. The maximum atomic E-state index is 13.5. The van der Waals surface area contributed by atoms with Crippen LogP contribution in [0, 0.1) is 5.82 Å². The zero-order valence-corrected chi connectivity index (χ0v) is 13.7. The van der Waals surface area contributed by atoms with E-state index in [1.54, 1.807) is 12.1 Å². The molecule has 25 heavy (non-hydrogen) atoms. The molecule has 130 valence electrons. The van der Waals surface area contributed by atoms with Crippen LogP contribution in [0.1, 0.15) is 38.3 Å². The number of benzene rings is 2. The predicted octanol–water partition coefficient (Wildman–Crippen LogP) is 2.41. The smallest absolute Gasteiger partial charge is 0.254 e. The van der Waals surface area contributed by atoms with E-state index in [4.69, 9.17) is 4.74 Å². The Hall–Kier alpha value is -2.73. The normalized spacial score (nSPS) is 12.5. The predicted molar refractivity (Wildman–Crippen MR) is 90.6 cm³/mol. The largest absolute Gasteiger partial charge is 0.372 e. The average molecular weight is 342 g/mol. The molecule has 1 aliphatic rings. The fourth-order valence-corrected chi connectivity index (χ4v) is 2.65. The van der Waals surface area contributed by atoms with Crippen LogP contribution >= 0.6 is 0 Å². The van der Waals surface area contributed by atoms with E-state index in [2.05, 4.69) is 10.6 Å². The first-order valence-electron chi connectivity index (χ1n) is 8.15. The molecule has 2 aromatic carbocycles. The minimum atomic E-state index is -0.547. The quantitative estimate of drug-likeness (QED) is 0.792. The summed E-state index contributed by atoms with van der Waals surface area (Å²) in [6, 6.07) is 11.4. The van der Waals surface area contributed by atoms with Crippen molar-refractivity contribution in [2.45, 2.75) is 19.6 Å². The Morgan fingerprint density at radius 3 is 2.48 bits per heavy atom. The molecule has 0 unspecified atom stereocenters. The molecule has 0 radical (unpaired) electrons. The highest BCUT2D eigenvalue weighted by atomic mass is 19.1. The van der Waals surface area contributed by atoms with Crippen LogP contribution in [-0.4, -0.2) is 24.9 Å². The van der Waals surface area contributed by atoms with Crippen LogP contribution in [0.25, 0.3) is 0 Å². The second-order valence-electron chi connectivity index (χ2n) is 5.82. The Balaban J connectivity index is 1.40. The van der Waals surface area contributed by atoms with Crippen molar-refractivity contribution in [1.29, 1.82) is 0 Å². The van der Waals surface area contributed by atoms with Crippen molar-refractivity contribution in [3.63, 3.8) is 0 Å². The average Bonchev–Trinajstić information content (AvgIpc) is 3.09. The molecule has 6 heteroatoms. The van der Waals surface area contributed by atoms with E-state index < -0.39 is 11.7 Å². The highest BCUT2D eigenvalue weighted by molar-refractivity contribution is 5.95. The van der Waals surface area contributed by atoms with E-state index in [9.17, 15) is 14.0 Å². The molecule has 0 atom stereocenters. The van der Waals surface area contributed by atoms with Gasteiger partial charge in [0.1, 0.15) is 5.82 Å². The number of carbonyl (C=O) groups is 2. The minimum Gasteiger partial charge on any atom is -0.372 e. The molecule has 3 rings (SSSR count). The third-order valence-electron chi connectivity index (χ3n) is 4.03. The van der Waals surface area contributed by atoms with E-state index in [0.29, 0.717) is 38.3 Å². The molecule has 1 aliphatic heterocycles. The highest BCUT2D eigenvalue weighted by Gasteiger charge is 2.14. The minimum absolute atomic E-state index is 0.0203. The summed E-state index contributed by atoms with van der Waals surface area (Å²) >= 11 is 0. The van der Waals surface area contributed by atoms with Gasteiger partial charge in [0.05, 0.1) is 18.8 Å². The maximum Gasteiger partial charge on any atom is 0.254 e. The Bertz CT molecular complexity index is 792. The van der Waals surface area contributed by atoms with Crippen molar-refractivity contribution < 1.29 is 18.7 Å². The van der Waals surface area contributed by atoms with E-state index in [0.717, 1.165) is 11.1 Å². The lowest BCUT2D eigenvalue weighted by Gasteiger charge is -2.08. The number of nitrogens with one attached hydrogen (secondary N) is 2. The number of carbonyl (C=O) groups excluding carboxylic acids is 2. The van der Waals surface area contributed by atoms with Crippen LogP contribution in [0.15, 0.2) is 42.5 Å². The molecule has 0 aliphatic carbocycles. The Kier molecular flexibility index (Phi) is 5.40. The summed E-state index contributed by atoms with van der Waals surface area (Å²) < 4.78 is 18.8. The van der Waals surface area contributed by atoms with Gasteiger partial charge in [-0.05, 0) is 41.8 Å². The van der Waals surface area contributed by atoms with Crippen molar-refractivity contribution in [1.82, 2.24) is 10.6 Å². The first kappa shape index (κ1) is 17.1. The number of ether oxygens (including phenoxy) is 1. The molecule has 0 fully saturated rings. The van der Waals surface area contributed by atoms with E-state index in [1.807, 2.05) is 12.1 Å². The molecular formula is C19H19FN2O3. The third-order valence-corrected chi connectivity index (χ3v) is 4.03. The fourth-order valence-electron chi connectivity index (χ4n) is 2.65. The molecule has 0 bridgehead atoms. The number of hydrogen-bond donors (Lipinski definition) is 2. The Morgan fingerprint density at radius 1 is 0.960 bits per heavy atom. The fraction of sp³-hybridized carbons (Fsp3) is 0.263. The van der Waals surface area contributed by atoms with Gasteiger partial charge in [0, 0.05) is 18.7 Å². The Morgan fingerprint density at radius 2 is 1.68 bits per heavy atom. The van der Waals surface area contributed by atoms with Crippen LogP contribution in [0.2, 0.25) is 0 Å². The molecule has 1 heterocycles. The monoisotopic (exact) mass is 342 g/mol. The van der Waals surface area contributed by atoms with Gasteiger partial charge in [0.15, 0.2) is 0 Å².